The van der Waals surface area contributed by atoms with Gasteiger partial charge in [-0.25, -0.2) is 0 Å². The quantitative estimate of drug-likeness (QED) is 0.813. The van der Waals surface area contributed by atoms with E-state index in [9.17, 15) is 9.90 Å². The molecule has 23 heavy (non-hydrogen) atoms. The highest BCUT2D eigenvalue weighted by Crippen LogP contribution is 2.30. The lowest BCUT2D eigenvalue weighted by Gasteiger charge is -2.26. The molecule has 0 aromatic heterocycles. The molecule has 4 N–H and O–H groups in total. The smallest absolute Gasteiger partial charge is 0.255 e. The van der Waals surface area contributed by atoms with Gasteiger partial charge >= 0.3 is 0 Å². The Bertz CT molecular complexity index is 712. The molecule has 2 aromatic rings. The van der Waals surface area contributed by atoms with Gasteiger partial charge in [-0.1, -0.05) is 30.3 Å². The number of aryl methyl sites for hydroxylation is 1. The van der Waals surface area contributed by atoms with Crippen molar-refractivity contribution in [3.05, 3.63) is 64.7 Å². The maximum absolute atomic E-state index is 12.6. The molecule has 2 aromatic carbocycles. The molecular formula is C19H22N2O2. The van der Waals surface area contributed by atoms with Crippen molar-refractivity contribution in [3.8, 4) is 5.75 Å². The summed E-state index contributed by atoms with van der Waals surface area (Å²) >= 11 is 0. The first kappa shape index (κ1) is 15.6. The molecule has 4 nitrogen and oxygen atoms in total. The molecule has 1 atom stereocenters. The Morgan fingerprint density at radius 3 is 2.91 bits per heavy atom. The van der Waals surface area contributed by atoms with Crippen LogP contribution in [0.3, 0.4) is 0 Å². The van der Waals surface area contributed by atoms with Crippen molar-refractivity contribution in [2.75, 3.05) is 6.54 Å². The van der Waals surface area contributed by atoms with Gasteiger partial charge in [0.2, 0.25) is 0 Å². The van der Waals surface area contributed by atoms with Crippen LogP contribution in [-0.4, -0.2) is 17.6 Å². The normalized spacial score (nSPS) is 16.7. The molecule has 0 saturated heterocycles. The number of phenolic OH excluding ortho intramolecular Hbond substituents is 1. The van der Waals surface area contributed by atoms with E-state index in [1.807, 2.05) is 12.1 Å². The van der Waals surface area contributed by atoms with Gasteiger partial charge in [-0.3, -0.25) is 4.79 Å². The minimum Gasteiger partial charge on any atom is -0.507 e. The van der Waals surface area contributed by atoms with Crippen molar-refractivity contribution in [2.45, 2.75) is 31.7 Å². The summed E-state index contributed by atoms with van der Waals surface area (Å²) in [4.78, 5) is 12.6. The van der Waals surface area contributed by atoms with Crippen molar-refractivity contribution in [2.24, 2.45) is 5.73 Å². The summed E-state index contributed by atoms with van der Waals surface area (Å²) in [6, 6.07) is 13.3. The minimum absolute atomic E-state index is 0.00464. The van der Waals surface area contributed by atoms with Gasteiger partial charge in [-0.2, -0.15) is 0 Å². The predicted octanol–water partition coefficient (Wildman–Crippen LogP) is 2.70. The van der Waals surface area contributed by atoms with E-state index in [2.05, 4.69) is 17.4 Å². The molecule has 1 aliphatic rings. The molecule has 1 amide bonds. The zero-order valence-electron chi connectivity index (χ0n) is 13.1. The van der Waals surface area contributed by atoms with Gasteiger partial charge in [-0.15, -0.1) is 0 Å². The molecule has 3 rings (SSSR count). The number of aromatic hydroxyl groups is 1. The molecular weight excluding hydrogens is 288 g/mol. The second kappa shape index (κ2) is 6.84. The van der Waals surface area contributed by atoms with Crippen LogP contribution >= 0.6 is 0 Å². The number of fused-ring (bicyclic) bond motifs is 1. The lowest BCUT2D eigenvalue weighted by Crippen LogP contribution is -2.31. The number of amides is 1. The third-order valence-electron chi connectivity index (χ3n) is 4.41. The maximum atomic E-state index is 12.6. The van der Waals surface area contributed by atoms with E-state index < -0.39 is 0 Å². The van der Waals surface area contributed by atoms with Crippen LogP contribution < -0.4 is 11.1 Å². The van der Waals surface area contributed by atoms with Crippen LogP contribution in [0.2, 0.25) is 0 Å². The largest absolute Gasteiger partial charge is 0.507 e. The monoisotopic (exact) mass is 310 g/mol. The average molecular weight is 310 g/mol. The minimum atomic E-state index is -0.233. The Labute approximate surface area is 136 Å². The number of nitrogens with two attached hydrogens (primary N) is 1. The first-order valence-corrected chi connectivity index (χ1v) is 8.09. The number of carbonyl (C=O) groups is 1. The SMILES string of the molecule is NCCc1ccc(O)c(C(=O)NC2CCCc3ccccc32)c1. The standard InChI is InChI=1S/C19H22N2O2/c20-11-10-13-8-9-18(22)16(12-13)19(23)21-17-7-3-5-14-4-1-2-6-15(14)17/h1-2,4,6,8-9,12,17,22H,3,5,7,10-11,20H2,(H,21,23). The van der Waals surface area contributed by atoms with Crippen molar-refractivity contribution < 1.29 is 9.90 Å². The van der Waals surface area contributed by atoms with Crippen LogP contribution in [0.25, 0.3) is 0 Å². The molecule has 4 heteroatoms. The highest BCUT2D eigenvalue weighted by atomic mass is 16.3. The molecule has 0 spiro atoms. The Hall–Kier alpha value is -2.33. The second-order valence-corrected chi connectivity index (χ2v) is 6.01. The maximum Gasteiger partial charge on any atom is 0.255 e. The summed E-state index contributed by atoms with van der Waals surface area (Å²) in [6.07, 6.45) is 3.72. The van der Waals surface area contributed by atoms with Crippen molar-refractivity contribution in [1.82, 2.24) is 5.32 Å². The summed E-state index contributed by atoms with van der Waals surface area (Å²) < 4.78 is 0. The average Bonchev–Trinajstić information content (AvgIpc) is 2.57. The van der Waals surface area contributed by atoms with Gasteiger partial charge < -0.3 is 16.2 Å². The van der Waals surface area contributed by atoms with Gasteiger partial charge in [0, 0.05) is 0 Å². The molecule has 0 aliphatic heterocycles. The van der Waals surface area contributed by atoms with Gasteiger partial charge in [0.1, 0.15) is 5.75 Å². The molecule has 1 aliphatic carbocycles. The van der Waals surface area contributed by atoms with Crippen LogP contribution in [0.5, 0.6) is 5.75 Å². The van der Waals surface area contributed by atoms with E-state index in [0.29, 0.717) is 18.5 Å². The van der Waals surface area contributed by atoms with E-state index in [1.165, 1.54) is 11.1 Å². The Morgan fingerprint density at radius 1 is 1.26 bits per heavy atom. The van der Waals surface area contributed by atoms with Crippen LogP contribution in [0.1, 0.15) is 45.9 Å². The zero-order valence-corrected chi connectivity index (χ0v) is 13.1. The topological polar surface area (TPSA) is 75.3 Å². The highest BCUT2D eigenvalue weighted by Gasteiger charge is 2.23. The number of nitrogens with one attached hydrogen (secondary N) is 1. The lowest BCUT2D eigenvalue weighted by molar-refractivity contribution is 0.0930. The van der Waals surface area contributed by atoms with E-state index in [4.69, 9.17) is 5.73 Å². The van der Waals surface area contributed by atoms with Crippen molar-refractivity contribution in [3.63, 3.8) is 0 Å². The predicted molar refractivity (Wildman–Crippen MR) is 90.5 cm³/mol. The summed E-state index contributed by atoms with van der Waals surface area (Å²) in [5, 5.41) is 13.1. The fourth-order valence-electron chi connectivity index (χ4n) is 3.23. The van der Waals surface area contributed by atoms with Gasteiger partial charge in [0.15, 0.2) is 0 Å². The van der Waals surface area contributed by atoms with E-state index in [-0.39, 0.29) is 17.7 Å². The van der Waals surface area contributed by atoms with Gasteiger partial charge in [0.25, 0.3) is 5.91 Å². The van der Waals surface area contributed by atoms with Gasteiger partial charge in [-0.05, 0) is 61.1 Å². The van der Waals surface area contributed by atoms with E-state index >= 15 is 0 Å². The summed E-state index contributed by atoms with van der Waals surface area (Å²) in [5.41, 5.74) is 9.32. The van der Waals surface area contributed by atoms with Gasteiger partial charge in [0.05, 0.1) is 11.6 Å². The lowest BCUT2D eigenvalue weighted by atomic mass is 9.87. The fourth-order valence-corrected chi connectivity index (χ4v) is 3.23. The molecule has 1 unspecified atom stereocenters. The number of carbonyl (C=O) groups excluding carboxylic acids is 1. The van der Waals surface area contributed by atoms with E-state index in [0.717, 1.165) is 24.8 Å². The molecule has 120 valence electrons. The van der Waals surface area contributed by atoms with Crippen LogP contribution in [-0.2, 0) is 12.8 Å². The highest BCUT2D eigenvalue weighted by molar-refractivity contribution is 5.97. The molecule has 0 bridgehead atoms. The van der Waals surface area contributed by atoms with Crippen LogP contribution in [0.15, 0.2) is 42.5 Å². The Balaban J connectivity index is 1.81. The number of phenols is 1. The number of hydrogen-bond donors (Lipinski definition) is 3. The Kier molecular flexibility index (Phi) is 4.63. The molecule has 0 radical (unpaired) electrons. The summed E-state index contributed by atoms with van der Waals surface area (Å²) in [6.45, 7) is 0.516. The van der Waals surface area contributed by atoms with E-state index in [1.54, 1.807) is 18.2 Å². The molecule has 0 saturated carbocycles. The summed E-state index contributed by atoms with van der Waals surface area (Å²) in [7, 11) is 0. The first-order valence-electron chi connectivity index (χ1n) is 8.09. The van der Waals surface area contributed by atoms with Crippen molar-refractivity contribution in [1.29, 1.82) is 0 Å². The third kappa shape index (κ3) is 3.37. The van der Waals surface area contributed by atoms with Crippen LogP contribution in [0.4, 0.5) is 0 Å². The molecule has 0 heterocycles. The number of hydrogen-bond acceptors (Lipinski definition) is 3. The number of benzene rings is 2. The number of rotatable bonds is 4. The van der Waals surface area contributed by atoms with Crippen molar-refractivity contribution >= 4 is 5.91 Å². The second-order valence-electron chi connectivity index (χ2n) is 6.01. The van der Waals surface area contributed by atoms with Crippen LogP contribution in [0, 0.1) is 0 Å². The molecule has 0 fully saturated rings. The zero-order chi connectivity index (χ0) is 16.2. The first-order chi connectivity index (χ1) is 11.2. The Morgan fingerprint density at radius 2 is 2.09 bits per heavy atom. The summed E-state index contributed by atoms with van der Waals surface area (Å²) in [5.74, 6) is -0.226. The fraction of sp³-hybridized carbons (Fsp3) is 0.316. The third-order valence-corrected chi connectivity index (χ3v) is 4.41.